The first-order chi connectivity index (χ1) is 12.1. The van der Waals surface area contributed by atoms with E-state index in [9.17, 15) is 4.79 Å². The summed E-state index contributed by atoms with van der Waals surface area (Å²) in [5, 5.41) is 9.10. The molecule has 0 N–H and O–H groups in total. The Morgan fingerprint density at radius 3 is 2.64 bits per heavy atom. The maximum atomic E-state index is 12.0. The summed E-state index contributed by atoms with van der Waals surface area (Å²) in [5.74, 6) is 1.27. The van der Waals surface area contributed by atoms with Crippen molar-refractivity contribution in [1.29, 1.82) is 0 Å². The van der Waals surface area contributed by atoms with Crippen LogP contribution >= 0.6 is 11.8 Å². The molecule has 4 rings (SSSR count). The third-order valence-corrected chi connectivity index (χ3v) is 5.27. The molecule has 1 saturated heterocycles. The number of thioether (sulfide) groups is 1. The van der Waals surface area contributed by atoms with E-state index in [0.29, 0.717) is 17.4 Å². The summed E-state index contributed by atoms with van der Waals surface area (Å²) in [6.45, 7) is 3.79. The number of para-hydroxylation sites is 1. The molecule has 1 aliphatic rings. The first-order valence-electron chi connectivity index (χ1n) is 8.06. The van der Waals surface area contributed by atoms with Crippen LogP contribution in [0.4, 0.5) is 0 Å². The molecule has 0 aliphatic carbocycles. The zero-order chi connectivity index (χ0) is 17.4. The Morgan fingerprint density at radius 1 is 1.20 bits per heavy atom. The number of aryl methyl sites for hydroxylation is 1. The Balaban J connectivity index is 1.79. The molecule has 1 aromatic carbocycles. The number of ether oxygens (including phenoxy) is 1. The Morgan fingerprint density at radius 2 is 2.00 bits per heavy atom. The van der Waals surface area contributed by atoms with Gasteiger partial charge in [0, 0.05) is 12.1 Å². The molecular formula is C18H17N3O3S. The van der Waals surface area contributed by atoms with Crippen molar-refractivity contribution in [3.05, 3.63) is 48.4 Å². The molecule has 7 heteroatoms. The Bertz CT molecular complexity index is 903. The lowest BCUT2D eigenvalue weighted by Crippen LogP contribution is -2.11. The molecule has 2 aromatic heterocycles. The van der Waals surface area contributed by atoms with Crippen molar-refractivity contribution in [2.24, 2.45) is 0 Å². The smallest absolute Gasteiger partial charge is 0.319 e. The number of hydrogen-bond acceptors (Lipinski definition) is 6. The van der Waals surface area contributed by atoms with Gasteiger partial charge in [0.1, 0.15) is 17.1 Å². The van der Waals surface area contributed by atoms with Crippen LogP contribution in [0.25, 0.3) is 17.1 Å². The highest BCUT2D eigenvalue weighted by Gasteiger charge is 2.34. The molecule has 0 bridgehead atoms. The second-order valence-corrected chi connectivity index (χ2v) is 7.13. The van der Waals surface area contributed by atoms with Crippen molar-refractivity contribution in [1.82, 2.24) is 14.8 Å². The van der Waals surface area contributed by atoms with Crippen LogP contribution in [-0.4, -0.2) is 32.1 Å². The number of furan rings is 1. The van der Waals surface area contributed by atoms with Gasteiger partial charge in [0.05, 0.1) is 11.8 Å². The number of aromatic nitrogens is 3. The normalized spacial score (nSPS) is 20.0. The second kappa shape index (κ2) is 6.40. The van der Waals surface area contributed by atoms with E-state index in [1.54, 1.807) is 6.26 Å². The van der Waals surface area contributed by atoms with E-state index < -0.39 is 0 Å². The zero-order valence-corrected chi connectivity index (χ0v) is 14.7. The lowest BCUT2D eigenvalue weighted by atomic mass is 10.2. The van der Waals surface area contributed by atoms with Crippen LogP contribution in [0.15, 0.2) is 52.2 Å². The maximum Gasteiger partial charge on any atom is 0.319 e. The molecule has 25 heavy (non-hydrogen) atoms. The summed E-state index contributed by atoms with van der Waals surface area (Å²) in [5.41, 5.74) is 1.82. The van der Waals surface area contributed by atoms with Gasteiger partial charge in [-0.05, 0) is 32.0 Å². The van der Waals surface area contributed by atoms with E-state index in [1.807, 2.05) is 54.8 Å². The number of carbonyl (C=O) groups is 1. The zero-order valence-electron chi connectivity index (χ0n) is 13.9. The number of rotatable bonds is 4. The number of carbonyl (C=O) groups excluding carboxylic acids is 1. The minimum Gasteiger partial charge on any atom is -0.469 e. The second-order valence-electron chi connectivity index (χ2n) is 5.96. The highest BCUT2D eigenvalue weighted by atomic mass is 32.2. The molecule has 1 aliphatic heterocycles. The molecule has 3 heterocycles. The monoisotopic (exact) mass is 355 g/mol. The summed E-state index contributed by atoms with van der Waals surface area (Å²) >= 11 is 1.39. The molecule has 0 unspecified atom stereocenters. The van der Waals surface area contributed by atoms with Crippen molar-refractivity contribution in [3.63, 3.8) is 0 Å². The van der Waals surface area contributed by atoms with Crippen LogP contribution in [0.1, 0.15) is 19.1 Å². The minimum absolute atomic E-state index is 0.0614. The average Bonchev–Trinajstić information content (AvgIpc) is 3.28. The number of hydrogen-bond donors (Lipinski definition) is 0. The van der Waals surface area contributed by atoms with Gasteiger partial charge in [-0.25, -0.2) is 0 Å². The van der Waals surface area contributed by atoms with Crippen LogP contribution in [-0.2, 0) is 9.53 Å². The van der Waals surface area contributed by atoms with Crippen LogP contribution in [0.5, 0.6) is 0 Å². The fraction of sp³-hybridized carbons (Fsp3) is 0.278. The number of esters is 1. The average molecular weight is 355 g/mol. The van der Waals surface area contributed by atoms with E-state index in [4.69, 9.17) is 9.15 Å². The largest absolute Gasteiger partial charge is 0.469 e. The fourth-order valence-corrected chi connectivity index (χ4v) is 4.05. The number of cyclic esters (lactones) is 1. The molecular weight excluding hydrogens is 338 g/mol. The summed E-state index contributed by atoms with van der Waals surface area (Å²) in [6.07, 6.45) is 2.25. The number of benzene rings is 1. The lowest BCUT2D eigenvalue weighted by Gasteiger charge is -2.11. The molecule has 6 nitrogen and oxygen atoms in total. The molecule has 2 atom stereocenters. The standard InChI is InChI=1S/C18H17N3O3S/c1-11-10-15(17(22)24-11)25-18-20-19-16(14-8-9-23-12(14)2)21(18)13-6-4-3-5-7-13/h3-9,11,15H,10H2,1-2H3/t11-,15+/m0/s1. The highest BCUT2D eigenvalue weighted by Crippen LogP contribution is 2.35. The highest BCUT2D eigenvalue weighted by molar-refractivity contribution is 8.00. The SMILES string of the molecule is Cc1occc1-c1nnc(S[C@@H]2C[C@H](C)OC2=O)n1-c1ccccc1. The van der Waals surface area contributed by atoms with Gasteiger partial charge in [-0.1, -0.05) is 30.0 Å². The quantitative estimate of drug-likeness (QED) is 0.666. The van der Waals surface area contributed by atoms with Gasteiger partial charge in [0.2, 0.25) is 0 Å². The lowest BCUT2D eigenvalue weighted by molar-refractivity contribution is -0.140. The third-order valence-electron chi connectivity index (χ3n) is 4.12. The molecule has 0 radical (unpaired) electrons. The van der Waals surface area contributed by atoms with Crippen LogP contribution in [0, 0.1) is 6.92 Å². The predicted molar refractivity (Wildman–Crippen MR) is 93.6 cm³/mol. The van der Waals surface area contributed by atoms with Gasteiger partial charge in [0.25, 0.3) is 0 Å². The van der Waals surface area contributed by atoms with Gasteiger partial charge in [-0.3, -0.25) is 9.36 Å². The molecule has 0 amide bonds. The van der Waals surface area contributed by atoms with Gasteiger partial charge in [-0.2, -0.15) is 0 Å². The van der Waals surface area contributed by atoms with Crippen molar-refractivity contribution >= 4 is 17.7 Å². The first-order valence-corrected chi connectivity index (χ1v) is 8.94. The van der Waals surface area contributed by atoms with Crippen LogP contribution < -0.4 is 0 Å². The first kappa shape index (κ1) is 16.0. The molecule has 0 saturated carbocycles. The van der Waals surface area contributed by atoms with Gasteiger partial charge in [0.15, 0.2) is 11.0 Å². The molecule has 0 spiro atoms. The Kier molecular flexibility index (Phi) is 4.09. The summed E-state index contributed by atoms with van der Waals surface area (Å²) in [6, 6.07) is 11.7. The summed E-state index contributed by atoms with van der Waals surface area (Å²) in [7, 11) is 0. The summed E-state index contributed by atoms with van der Waals surface area (Å²) in [4.78, 5) is 12.0. The van der Waals surface area contributed by atoms with Crippen LogP contribution in [0.2, 0.25) is 0 Å². The van der Waals surface area contributed by atoms with E-state index in [2.05, 4.69) is 10.2 Å². The van der Waals surface area contributed by atoms with E-state index in [0.717, 1.165) is 17.0 Å². The fourth-order valence-electron chi connectivity index (χ4n) is 2.89. The number of nitrogens with zero attached hydrogens (tertiary/aromatic N) is 3. The van der Waals surface area contributed by atoms with E-state index >= 15 is 0 Å². The molecule has 128 valence electrons. The Hall–Kier alpha value is -2.54. The molecule has 3 aromatic rings. The summed E-state index contributed by atoms with van der Waals surface area (Å²) < 4.78 is 12.6. The van der Waals surface area contributed by atoms with Gasteiger partial charge in [-0.15, -0.1) is 10.2 Å². The van der Waals surface area contributed by atoms with Crippen molar-refractivity contribution in [2.75, 3.05) is 0 Å². The van der Waals surface area contributed by atoms with E-state index in [-0.39, 0.29) is 17.3 Å². The van der Waals surface area contributed by atoms with Crippen molar-refractivity contribution in [3.8, 4) is 17.1 Å². The predicted octanol–water partition coefficient (Wildman–Crippen LogP) is 3.63. The van der Waals surface area contributed by atoms with Gasteiger partial charge >= 0.3 is 5.97 Å². The minimum atomic E-state index is -0.264. The van der Waals surface area contributed by atoms with Crippen molar-refractivity contribution in [2.45, 2.75) is 36.8 Å². The Labute approximate surface area is 149 Å². The topological polar surface area (TPSA) is 70.2 Å². The van der Waals surface area contributed by atoms with Crippen molar-refractivity contribution < 1.29 is 13.9 Å². The third kappa shape index (κ3) is 2.95. The van der Waals surface area contributed by atoms with Crippen LogP contribution in [0.3, 0.4) is 0 Å². The maximum absolute atomic E-state index is 12.0. The molecule has 1 fully saturated rings. The van der Waals surface area contributed by atoms with E-state index in [1.165, 1.54) is 11.8 Å². The van der Waals surface area contributed by atoms with Gasteiger partial charge < -0.3 is 9.15 Å².